The van der Waals surface area contributed by atoms with E-state index in [9.17, 15) is 4.79 Å². The zero-order chi connectivity index (χ0) is 20.3. The van der Waals surface area contributed by atoms with E-state index in [0.29, 0.717) is 24.6 Å². The number of ether oxygens (including phenoxy) is 3. The maximum absolute atomic E-state index is 12.6. The second kappa shape index (κ2) is 8.13. The van der Waals surface area contributed by atoms with Crippen LogP contribution in [-0.2, 0) is 23.2 Å². The van der Waals surface area contributed by atoms with Gasteiger partial charge in [0.05, 0.1) is 14.2 Å². The molecule has 0 aliphatic carbocycles. The van der Waals surface area contributed by atoms with Gasteiger partial charge in [0, 0.05) is 13.1 Å². The third-order valence-electron chi connectivity index (χ3n) is 5.15. The van der Waals surface area contributed by atoms with Crippen molar-refractivity contribution in [3.63, 3.8) is 0 Å². The van der Waals surface area contributed by atoms with E-state index in [4.69, 9.17) is 14.2 Å². The molecule has 28 heavy (non-hydrogen) atoms. The average molecular weight is 383 g/mol. The SMILES string of the molecule is COc1cc2c(cc1OC)CN(C(=O)COc1ccc(C(C)(C)C)cc1)CC2. The van der Waals surface area contributed by atoms with Crippen molar-refractivity contribution in [2.24, 2.45) is 0 Å². The molecule has 0 aromatic heterocycles. The summed E-state index contributed by atoms with van der Waals surface area (Å²) in [4.78, 5) is 14.5. The van der Waals surface area contributed by atoms with Crippen LogP contribution >= 0.6 is 0 Å². The Morgan fingerprint density at radius 1 is 1.00 bits per heavy atom. The summed E-state index contributed by atoms with van der Waals surface area (Å²) in [5, 5.41) is 0. The summed E-state index contributed by atoms with van der Waals surface area (Å²) in [5.41, 5.74) is 3.62. The van der Waals surface area contributed by atoms with Crippen molar-refractivity contribution < 1.29 is 19.0 Å². The smallest absolute Gasteiger partial charge is 0.260 e. The molecule has 5 nitrogen and oxygen atoms in total. The van der Waals surface area contributed by atoms with Gasteiger partial charge in [-0.25, -0.2) is 0 Å². The van der Waals surface area contributed by atoms with Crippen LogP contribution in [0.3, 0.4) is 0 Å². The number of carbonyl (C=O) groups is 1. The van der Waals surface area contributed by atoms with Crippen LogP contribution in [0.25, 0.3) is 0 Å². The topological polar surface area (TPSA) is 48.0 Å². The zero-order valence-corrected chi connectivity index (χ0v) is 17.4. The number of rotatable bonds is 5. The first kappa shape index (κ1) is 20.1. The Balaban J connectivity index is 1.62. The Kier molecular flexibility index (Phi) is 5.82. The van der Waals surface area contributed by atoms with Crippen LogP contribution in [0.1, 0.15) is 37.5 Å². The van der Waals surface area contributed by atoms with E-state index in [0.717, 1.165) is 17.7 Å². The Bertz CT molecular complexity index is 837. The van der Waals surface area contributed by atoms with Crippen LogP contribution in [-0.4, -0.2) is 38.2 Å². The predicted molar refractivity (Wildman–Crippen MR) is 109 cm³/mol. The van der Waals surface area contributed by atoms with Crippen LogP contribution < -0.4 is 14.2 Å². The summed E-state index contributed by atoms with van der Waals surface area (Å²) in [5.74, 6) is 2.11. The average Bonchev–Trinajstić information content (AvgIpc) is 2.70. The molecule has 5 heteroatoms. The lowest BCUT2D eigenvalue weighted by Crippen LogP contribution is -2.38. The molecule has 0 fully saturated rings. The quantitative estimate of drug-likeness (QED) is 0.784. The maximum atomic E-state index is 12.6. The third-order valence-corrected chi connectivity index (χ3v) is 5.15. The van der Waals surface area contributed by atoms with Crippen LogP contribution in [0.15, 0.2) is 36.4 Å². The zero-order valence-electron chi connectivity index (χ0n) is 17.4. The van der Waals surface area contributed by atoms with Crippen molar-refractivity contribution in [2.75, 3.05) is 27.4 Å². The minimum atomic E-state index is -0.0136. The molecule has 2 aromatic carbocycles. The molecule has 0 saturated carbocycles. The Hall–Kier alpha value is -2.69. The van der Waals surface area contributed by atoms with E-state index < -0.39 is 0 Å². The summed E-state index contributed by atoms with van der Waals surface area (Å²) in [6.45, 7) is 7.79. The largest absolute Gasteiger partial charge is 0.493 e. The van der Waals surface area contributed by atoms with Crippen molar-refractivity contribution in [2.45, 2.75) is 39.2 Å². The lowest BCUT2D eigenvalue weighted by Gasteiger charge is -2.29. The van der Waals surface area contributed by atoms with Gasteiger partial charge in [0.15, 0.2) is 18.1 Å². The molecule has 0 spiro atoms. The molecule has 0 radical (unpaired) electrons. The maximum Gasteiger partial charge on any atom is 0.260 e. The number of nitrogens with zero attached hydrogens (tertiary/aromatic N) is 1. The van der Waals surface area contributed by atoms with E-state index in [1.165, 1.54) is 11.1 Å². The number of methoxy groups -OCH3 is 2. The lowest BCUT2D eigenvalue weighted by atomic mass is 9.87. The molecule has 0 bridgehead atoms. The van der Waals surface area contributed by atoms with Crippen LogP contribution in [0.4, 0.5) is 0 Å². The Morgan fingerprint density at radius 2 is 1.61 bits per heavy atom. The molecule has 0 saturated heterocycles. The summed E-state index contributed by atoms with van der Waals surface area (Å²) < 4.78 is 16.5. The number of carbonyl (C=O) groups excluding carboxylic acids is 1. The van der Waals surface area contributed by atoms with Gasteiger partial charge in [-0.05, 0) is 52.8 Å². The fraction of sp³-hybridized carbons (Fsp3) is 0.435. The second-order valence-electron chi connectivity index (χ2n) is 8.10. The second-order valence-corrected chi connectivity index (χ2v) is 8.10. The number of fused-ring (bicyclic) bond motifs is 1. The van der Waals surface area contributed by atoms with Gasteiger partial charge in [-0.1, -0.05) is 32.9 Å². The van der Waals surface area contributed by atoms with Crippen LogP contribution in [0.2, 0.25) is 0 Å². The van der Waals surface area contributed by atoms with Crippen LogP contribution in [0.5, 0.6) is 17.2 Å². The molecule has 1 heterocycles. The molecule has 2 aromatic rings. The van der Waals surface area contributed by atoms with Gasteiger partial charge in [0.25, 0.3) is 5.91 Å². The van der Waals surface area contributed by atoms with Crippen molar-refractivity contribution in [1.29, 1.82) is 0 Å². The van der Waals surface area contributed by atoms with Crippen molar-refractivity contribution in [1.82, 2.24) is 4.90 Å². The number of benzene rings is 2. The molecule has 150 valence electrons. The van der Waals surface area contributed by atoms with E-state index in [-0.39, 0.29) is 17.9 Å². The van der Waals surface area contributed by atoms with Crippen molar-refractivity contribution in [3.8, 4) is 17.2 Å². The first-order valence-corrected chi connectivity index (χ1v) is 9.56. The monoisotopic (exact) mass is 383 g/mol. The molecule has 0 unspecified atom stereocenters. The highest BCUT2D eigenvalue weighted by Gasteiger charge is 2.23. The lowest BCUT2D eigenvalue weighted by molar-refractivity contribution is -0.134. The highest BCUT2D eigenvalue weighted by molar-refractivity contribution is 5.78. The highest BCUT2D eigenvalue weighted by Crippen LogP contribution is 2.33. The summed E-state index contributed by atoms with van der Waals surface area (Å²) >= 11 is 0. The Labute approximate surface area is 167 Å². The third kappa shape index (κ3) is 4.41. The fourth-order valence-corrected chi connectivity index (χ4v) is 3.38. The molecule has 1 amide bonds. The molecule has 0 N–H and O–H groups in total. The standard InChI is InChI=1S/C23H29NO4/c1-23(2,3)18-6-8-19(9-7-18)28-15-22(25)24-11-10-16-12-20(26-4)21(27-5)13-17(16)14-24/h6-9,12-13H,10-11,14-15H2,1-5H3. The molecule has 1 aliphatic rings. The molecular weight excluding hydrogens is 354 g/mol. The van der Waals surface area contributed by atoms with Gasteiger partial charge in [-0.3, -0.25) is 4.79 Å². The molecular formula is C23H29NO4. The van der Waals surface area contributed by atoms with E-state index in [1.807, 2.05) is 29.2 Å². The van der Waals surface area contributed by atoms with Gasteiger partial charge < -0.3 is 19.1 Å². The molecule has 1 aliphatic heterocycles. The van der Waals surface area contributed by atoms with E-state index in [1.54, 1.807) is 14.2 Å². The molecule has 0 atom stereocenters. The molecule has 3 rings (SSSR count). The van der Waals surface area contributed by atoms with Gasteiger partial charge in [-0.2, -0.15) is 0 Å². The van der Waals surface area contributed by atoms with Crippen molar-refractivity contribution >= 4 is 5.91 Å². The van der Waals surface area contributed by atoms with Gasteiger partial charge in [0.2, 0.25) is 0 Å². The summed E-state index contributed by atoms with van der Waals surface area (Å²) in [7, 11) is 3.25. The first-order valence-electron chi connectivity index (χ1n) is 9.56. The Morgan fingerprint density at radius 3 is 2.18 bits per heavy atom. The van der Waals surface area contributed by atoms with Crippen molar-refractivity contribution in [3.05, 3.63) is 53.1 Å². The predicted octanol–water partition coefficient (Wildman–Crippen LogP) is 3.97. The van der Waals surface area contributed by atoms with Gasteiger partial charge in [-0.15, -0.1) is 0 Å². The number of amides is 1. The van der Waals surface area contributed by atoms with E-state index >= 15 is 0 Å². The fourth-order valence-electron chi connectivity index (χ4n) is 3.38. The van der Waals surface area contributed by atoms with Gasteiger partial charge in [0.1, 0.15) is 5.75 Å². The first-order chi connectivity index (χ1) is 13.3. The number of hydrogen-bond donors (Lipinski definition) is 0. The minimum absolute atomic E-state index is 0.0136. The summed E-state index contributed by atoms with van der Waals surface area (Å²) in [6.07, 6.45) is 0.793. The van der Waals surface area contributed by atoms with Crippen LogP contribution in [0, 0.1) is 0 Å². The van der Waals surface area contributed by atoms with E-state index in [2.05, 4.69) is 32.9 Å². The number of hydrogen-bond acceptors (Lipinski definition) is 4. The summed E-state index contributed by atoms with van der Waals surface area (Å²) in [6, 6.07) is 11.9. The normalized spacial score (nSPS) is 13.7. The van der Waals surface area contributed by atoms with Gasteiger partial charge >= 0.3 is 0 Å². The minimum Gasteiger partial charge on any atom is -0.493 e. The highest BCUT2D eigenvalue weighted by atomic mass is 16.5.